The molecule has 0 aliphatic carbocycles. The number of aliphatic carboxylic acids is 1. The second-order valence-electron chi connectivity index (χ2n) is 11.1. The third-order valence-electron chi connectivity index (χ3n) is 7.70. The zero-order valence-electron chi connectivity index (χ0n) is 25.5. The van der Waals surface area contributed by atoms with Gasteiger partial charge in [-0.1, -0.05) is 78.1 Å². The molecule has 0 bridgehead atoms. The maximum absolute atomic E-state index is 11.3. The van der Waals surface area contributed by atoms with Crippen LogP contribution in [0.15, 0.2) is 47.5 Å². The average molecular weight is 650 g/mol. The second-order valence-corrected chi connectivity index (χ2v) is 15.3. The van der Waals surface area contributed by atoms with E-state index in [9.17, 15) is 9.90 Å². The fourth-order valence-corrected chi connectivity index (χ4v) is 9.81. The molecule has 0 atom stereocenters. The average Bonchev–Trinajstić information content (AvgIpc) is 3.81. The molecule has 0 aliphatic rings. The molecular formula is C36H43NO2S4. The number of carboxylic acid groups (broad SMARTS) is 1. The van der Waals surface area contributed by atoms with Gasteiger partial charge in [-0.15, -0.1) is 45.3 Å². The van der Waals surface area contributed by atoms with E-state index in [-0.39, 0.29) is 5.70 Å². The van der Waals surface area contributed by atoms with E-state index in [1.54, 1.807) is 11.3 Å². The van der Waals surface area contributed by atoms with Crippen LogP contribution in [0.3, 0.4) is 0 Å². The van der Waals surface area contributed by atoms with E-state index >= 15 is 0 Å². The van der Waals surface area contributed by atoms with E-state index in [4.69, 9.17) is 6.57 Å². The van der Waals surface area contributed by atoms with Gasteiger partial charge >= 0.3 is 5.97 Å². The van der Waals surface area contributed by atoms with Crippen LogP contribution in [0.2, 0.25) is 0 Å². The normalized spacial score (nSPS) is 11.7. The van der Waals surface area contributed by atoms with Gasteiger partial charge in [-0.2, -0.15) is 0 Å². The standard InChI is InChI=1S/C36H43NO2S4/c1-4-6-8-10-12-14-16-26-22-23-40-34(26)31-20-21-32(42-31)35-27(17-15-13-11-9-7-5-2)24-33(43-35)30-19-18-28(41-30)25-29(37-3)36(38)39/h18-25H,4-17H2,1-2H3,(H,38,39)/b29-25-. The number of carbonyl (C=O) groups is 1. The Morgan fingerprint density at radius 3 is 1.98 bits per heavy atom. The third-order valence-corrected chi connectivity index (χ3v) is 12.5. The van der Waals surface area contributed by atoms with Crippen molar-refractivity contribution >= 4 is 57.4 Å². The van der Waals surface area contributed by atoms with Gasteiger partial charge in [-0.3, -0.25) is 4.79 Å². The van der Waals surface area contributed by atoms with Gasteiger partial charge in [0.2, 0.25) is 0 Å². The molecule has 4 rings (SSSR count). The topological polar surface area (TPSA) is 41.7 Å². The highest BCUT2D eigenvalue weighted by atomic mass is 32.1. The van der Waals surface area contributed by atoms with Crippen LogP contribution in [0.4, 0.5) is 0 Å². The molecule has 3 nitrogen and oxygen atoms in total. The van der Waals surface area contributed by atoms with E-state index in [0.717, 1.165) is 22.6 Å². The van der Waals surface area contributed by atoms with Gasteiger partial charge in [0.15, 0.2) is 0 Å². The minimum absolute atomic E-state index is 0.250. The zero-order chi connectivity index (χ0) is 30.4. The fourth-order valence-electron chi connectivity index (χ4n) is 5.31. The summed E-state index contributed by atoms with van der Waals surface area (Å²) in [6.45, 7) is 11.7. The van der Waals surface area contributed by atoms with Crippen molar-refractivity contribution in [2.45, 2.75) is 104 Å². The monoisotopic (exact) mass is 649 g/mol. The Morgan fingerprint density at radius 1 is 0.721 bits per heavy atom. The Bertz CT molecular complexity index is 1510. The maximum Gasteiger partial charge on any atom is 0.333 e. The number of aryl methyl sites for hydroxylation is 2. The first kappa shape index (κ1) is 33.4. The molecule has 4 aromatic heterocycles. The molecule has 4 heterocycles. The lowest BCUT2D eigenvalue weighted by atomic mass is 10.0. The number of thiophene rings is 4. The molecule has 0 saturated carbocycles. The van der Waals surface area contributed by atoms with Crippen molar-refractivity contribution in [3.8, 4) is 29.3 Å². The minimum atomic E-state index is -1.18. The van der Waals surface area contributed by atoms with Crippen molar-refractivity contribution in [1.82, 2.24) is 0 Å². The van der Waals surface area contributed by atoms with E-state index in [0.29, 0.717) is 0 Å². The molecule has 0 aliphatic heterocycles. The third kappa shape index (κ3) is 9.74. The van der Waals surface area contributed by atoms with Gasteiger partial charge in [0.05, 0.1) is 6.57 Å². The van der Waals surface area contributed by atoms with Crippen molar-refractivity contribution in [1.29, 1.82) is 0 Å². The van der Waals surface area contributed by atoms with Gasteiger partial charge in [0.1, 0.15) is 0 Å². The molecule has 43 heavy (non-hydrogen) atoms. The van der Waals surface area contributed by atoms with Gasteiger partial charge in [-0.25, -0.2) is 4.85 Å². The maximum atomic E-state index is 11.3. The van der Waals surface area contributed by atoms with Crippen molar-refractivity contribution in [2.24, 2.45) is 0 Å². The number of hydrogen-bond donors (Lipinski definition) is 1. The largest absolute Gasteiger partial charge is 0.486 e. The smallest absolute Gasteiger partial charge is 0.333 e. The first-order chi connectivity index (χ1) is 21.0. The summed E-state index contributed by atoms with van der Waals surface area (Å²) < 4.78 is 0. The summed E-state index contributed by atoms with van der Waals surface area (Å²) in [7, 11) is 0. The van der Waals surface area contributed by atoms with Crippen molar-refractivity contribution in [3.63, 3.8) is 0 Å². The lowest BCUT2D eigenvalue weighted by Gasteiger charge is -2.04. The van der Waals surface area contributed by atoms with Gasteiger partial charge in [-0.05, 0) is 84.7 Å². The summed E-state index contributed by atoms with van der Waals surface area (Å²) in [6.07, 6.45) is 19.3. The number of carboxylic acids is 1. The lowest BCUT2D eigenvalue weighted by molar-refractivity contribution is -0.132. The van der Waals surface area contributed by atoms with E-state index in [1.165, 1.54) is 119 Å². The van der Waals surface area contributed by atoms with Crippen LogP contribution < -0.4 is 0 Å². The highest BCUT2D eigenvalue weighted by Crippen LogP contribution is 2.46. The quantitative estimate of drug-likeness (QED) is 0.0624. The molecule has 0 aromatic carbocycles. The van der Waals surface area contributed by atoms with E-state index in [1.807, 2.05) is 40.1 Å². The molecule has 228 valence electrons. The highest BCUT2D eigenvalue weighted by Gasteiger charge is 2.18. The summed E-state index contributed by atoms with van der Waals surface area (Å²) in [5, 5.41) is 11.5. The predicted molar refractivity (Wildman–Crippen MR) is 191 cm³/mol. The lowest BCUT2D eigenvalue weighted by Crippen LogP contribution is -1.94. The summed E-state index contributed by atoms with van der Waals surface area (Å²) in [5.41, 5.74) is 2.66. The van der Waals surface area contributed by atoms with Gasteiger partial charge in [0, 0.05) is 34.1 Å². The van der Waals surface area contributed by atoms with Crippen LogP contribution in [0.1, 0.15) is 107 Å². The first-order valence-corrected chi connectivity index (χ1v) is 19.1. The Morgan fingerprint density at radius 2 is 1.33 bits per heavy atom. The summed E-state index contributed by atoms with van der Waals surface area (Å²) in [5.74, 6) is -1.18. The Balaban J connectivity index is 1.54. The van der Waals surface area contributed by atoms with E-state index in [2.05, 4.69) is 54.4 Å². The van der Waals surface area contributed by atoms with Crippen LogP contribution >= 0.6 is 45.3 Å². The van der Waals surface area contributed by atoms with Gasteiger partial charge in [0.25, 0.3) is 5.70 Å². The molecule has 0 spiro atoms. The fraction of sp³-hybridized carbons (Fsp3) is 0.444. The second kappa shape index (κ2) is 17.7. The van der Waals surface area contributed by atoms with Crippen LogP contribution in [0.25, 0.3) is 40.2 Å². The molecule has 0 saturated heterocycles. The summed E-state index contributed by atoms with van der Waals surface area (Å²) in [6, 6.07) is 13.3. The number of unbranched alkanes of at least 4 members (excludes halogenated alkanes) is 10. The van der Waals surface area contributed by atoms with Gasteiger partial charge < -0.3 is 5.11 Å². The van der Waals surface area contributed by atoms with Crippen LogP contribution in [-0.2, 0) is 17.6 Å². The molecule has 1 N–H and O–H groups in total. The molecule has 0 fully saturated rings. The van der Waals surface area contributed by atoms with Crippen LogP contribution in [-0.4, -0.2) is 11.1 Å². The number of hydrogen-bond acceptors (Lipinski definition) is 5. The molecular weight excluding hydrogens is 607 g/mol. The van der Waals surface area contributed by atoms with Crippen LogP contribution in [0.5, 0.6) is 0 Å². The van der Waals surface area contributed by atoms with Crippen molar-refractivity contribution in [2.75, 3.05) is 0 Å². The molecule has 0 amide bonds. The predicted octanol–water partition coefficient (Wildman–Crippen LogP) is 13.1. The molecule has 0 unspecified atom stereocenters. The Labute approximate surface area is 273 Å². The Hall–Kier alpha value is -2.50. The van der Waals surface area contributed by atoms with E-state index < -0.39 is 5.97 Å². The molecule has 7 heteroatoms. The molecule has 4 aromatic rings. The zero-order valence-corrected chi connectivity index (χ0v) is 28.7. The SMILES string of the molecule is [C-]#[N+]/C(=C\c1ccc(-c2cc(CCCCCCCC)c(-c3ccc(-c4sccc4CCCCCCCC)s3)s2)s1)C(=O)O. The Kier molecular flexibility index (Phi) is 13.8. The molecule has 0 radical (unpaired) electrons. The minimum Gasteiger partial charge on any atom is -0.486 e. The van der Waals surface area contributed by atoms with Crippen molar-refractivity contribution in [3.05, 3.63) is 74.9 Å². The summed E-state index contributed by atoms with van der Waals surface area (Å²) >= 11 is 7.19. The van der Waals surface area contributed by atoms with Crippen LogP contribution in [0, 0.1) is 6.57 Å². The number of nitrogens with zero attached hydrogens (tertiary/aromatic N) is 1. The van der Waals surface area contributed by atoms with Crippen molar-refractivity contribution < 1.29 is 9.90 Å². The highest BCUT2D eigenvalue weighted by molar-refractivity contribution is 7.28. The first-order valence-electron chi connectivity index (χ1n) is 15.8. The number of rotatable bonds is 19. The summed E-state index contributed by atoms with van der Waals surface area (Å²) in [4.78, 5) is 23.1.